The fourth-order valence-electron chi connectivity index (χ4n) is 2.47. The Hall–Kier alpha value is -0.640. The van der Waals surface area contributed by atoms with E-state index in [4.69, 9.17) is 11.6 Å². The van der Waals surface area contributed by atoms with Crippen LogP contribution < -0.4 is 0 Å². The van der Waals surface area contributed by atoms with Gasteiger partial charge in [-0.25, -0.2) is 4.98 Å². The first-order valence-corrected chi connectivity index (χ1v) is 6.52. The predicted octanol–water partition coefficient (Wildman–Crippen LogP) is 2.26. The maximum atomic E-state index is 5.79. The molecule has 3 nitrogen and oxygen atoms in total. The molecule has 1 aromatic heterocycles. The first kappa shape index (κ1) is 12.8. The third-order valence-electron chi connectivity index (χ3n) is 3.25. The highest BCUT2D eigenvalue weighted by Gasteiger charge is 2.24. The van der Waals surface area contributed by atoms with E-state index in [1.54, 1.807) is 0 Å². The Morgan fingerprint density at radius 3 is 2.94 bits per heavy atom. The van der Waals surface area contributed by atoms with Crippen LogP contribution >= 0.6 is 11.6 Å². The number of likely N-dealkylation sites (N-methyl/N-ethyl adjacent to an activating group) is 1. The van der Waals surface area contributed by atoms with Crippen LogP contribution in [0.15, 0.2) is 18.3 Å². The van der Waals surface area contributed by atoms with Crippen molar-refractivity contribution in [1.29, 1.82) is 0 Å². The summed E-state index contributed by atoms with van der Waals surface area (Å²) in [6.07, 6.45) is 4.49. The Morgan fingerprint density at radius 1 is 1.47 bits per heavy atom. The van der Waals surface area contributed by atoms with E-state index in [0.717, 1.165) is 13.1 Å². The molecular formula is C13H20ClN3. The summed E-state index contributed by atoms with van der Waals surface area (Å²) in [6, 6.07) is 4.62. The van der Waals surface area contributed by atoms with E-state index in [0.29, 0.717) is 11.2 Å². The summed E-state index contributed by atoms with van der Waals surface area (Å²) in [4.78, 5) is 8.95. The Bertz CT molecular complexity index is 350. The summed E-state index contributed by atoms with van der Waals surface area (Å²) in [5.74, 6) is 0. The van der Waals surface area contributed by atoms with Crippen LogP contribution in [0, 0.1) is 0 Å². The molecule has 0 spiro atoms. The number of hydrogen-bond acceptors (Lipinski definition) is 3. The number of halogens is 1. The van der Waals surface area contributed by atoms with E-state index in [2.05, 4.69) is 34.9 Å². The van der Waals surface area contributed by atoms with Crippen molar-refractivity contribution >= 4 is 11.6 Å². The summed E-state index contributed by atoms with van der Waals surface area (Å²) < 4.78 is 0. The molecule has 17 heavy (non-hydrogen) atoms. The van der Waals surface area contributed by atoms with Gasteiger partial charge in [0.15, 0.2) is 0 Å². The zero-order chi connectivity index (χ0) is 12.3. The van der Waals surface area contributed by atoms with Gasteiger partial charge >= 0.3 is 0 Å². The van der Waals surface area contributed by atoms with Crippen LogP contribution in [-0.4, -0.2) is 48.0 Å². The largest absolute Gasteiger partial charge is 0.308 e. The molecule has 2 rings (SSSR count). The summed E-state index contributed by atoms with van der Waals surface area (Å²) in [5, 5.41) is 0.569. The average Bonchev–Trinajstić information content (AvgIpc) is 2.68. The van der Waals surface area contributed by atoms with E-state index >= 15 is 0 Å². The Morgan fingerprint density at radius 2 is 2.29 bits per heavy atom. The number of pyridine rings is 1. The van der Waals surface area contributed by atoms with Gasteiger partial charge in [-0.3, -0.25) is 4.90 Å². The second-order valence-electron chi connectivity index (χ2n) is 5.02. The van der Waals surface area contributed by atoms with E-state index < -0.39 is 0 Å². The van der Waals surface area contributed by atoms with Gasteiger partial charge in [0.25, 0.3) is 0 Å². The van der Waals surface area contributed by atoms with Crippen molar-refractivity contribution in [3.05, 3.63) is 29.0 Å². The van der Waals surface area contributed by atoms with Gasteiger partial charge in [-0.2, -0.15) is 0 Å². The Balaban J connectivity index is 1.95. The molecular weight excluding hydrogens is 234 g/mol. The minimum atomic E-state index is 0.569. The van der Waals surface area contributed by atoms with E-state index in [1.165, 1.54) is 24.9 Å². The van der Waals surface area contributed by atoms with Gasteiger partial charge in [-0.05, 0) is 45.1 Å². The highest BCUT2D eigenvalue weighted by Crippen LogP contribution is 2.20. The molecule has 1 aliphatic rings. The predicted molar refractivity (Wildman–Crippen MR) is 71.2 cm³/mol. The van der Waals surface area contributed by atoms with E-state index in [-0.39, 0.29) is 0 Å². The lowest BCUT2D eigenvalue weighted by Crippen LogP contribution is -2.37. The molecule has 2 heterocycles. The molecule has 1 aromatic rings. The molecule has 0 aliphatic carbocycles. The van der Waals surface area contributed by atoms with Crippen LogP contribution in [0.1, 0.15) is 18.4 Å². The molecule has 1 fully saturated rings. The van der Waals surface area contributed by atoms with E-state index in [9.17, 15) is 0 Å². The van der Waals surface area contributed by atoms with Gasteiger partial charge in [-0.15, -0.1) is 0 Å². The van der Waals surface area contributed by atoms with Crippen LogP contribution in [-0.2, 0) is 6.54 Å². The molecule has 94 valence electrons. The highest BCUT2D eigenvalue weighted by molar-refractivity contribution is 6.29. The number of aromatic nitrogens is 1. The van der Waals surface area contributed by atoms with Gasteiger partial charge < -0.3 is 4.90 Å². The minimum absolute atomic E-state index is 0.569. The zero-order valence-corrected chi connectivity index (χ0v) is 11.3. The molecule has 4 heteroatoms. The summed E-state index contributed by atoms with van der Waals surface area (Å²) in [7, 11) is 4.28. The van der Waals surface area contributed by atoms with Gasteiger partial charge in [0.1, 0.15) is 5.15 Å². The molecule has 1 saturated heterocycles. The molecule has 0 N–H and O–H groups in total. The van der Waals surface area contributed by atoms with Crippen molar-refractivity contribution in [2.24, 2.45) is 0 Å². The van der Waals surface area contributed by atoms with Crippen molar-refractivity contribution in [3.8, 4) is 0 Å². The standard InChI is InChI=1S/C13H20ClN3/c1-16(2)10-12-4-3-7-17(12)9-11-5-6-13(14)15-8-11/h5-6,8,12H,3-4,7,9-10H2,1-2H3. The number of hydrogen-bond donors (Lipinski definition) is 0. The quantitative estimate of drug-likeness (QED) is 0.768. The first-order valence-electron chi connectivity index (χ1n) is 6.14. The monoisotopic (exact) mass is 253 g/mol. The van der Waals surface area contributed by atoms with Gasteiger partial charge in [0, 0.05) is 25.3 Å². The third kappa shape index (κ3) is 3.66. The van der Waals surface area contributed by atoms with Crippen molar-refractivity contribution in [2.75, 3.05) is 27.2 Å². The fraction of sp³-hybridized carbons (Fsp3) is 0.615. The van der Waals surface area contributed by atoms with Crippen LogP contribution in [0.3, 0.4) is 0 Å². The lowest BCUT2D eigenvalue weighted by molar-refractivity contribution is 0.201. The summed E-state index contributed by atoms with van der Waals surface area (Å²) >= 11 is 5.79. The Kier molecular flexibility index (Phi) is 4.37. The van der Waals surface area contributed by atoms with Crippen molar-refractivity contribution in [3.63, 3.8) is 0 Å². The second kappa shape index (κ2) is 5.80. The first-order chi connectivity index (χ1) is 8.15. The molecule has 1 unspecified atom stereocenters. The SMILES string of the molecule is CN(C)CC1CCCN1Cc1ccc(Cl)nc1. The van der Waals surface area contributed by atoms with Gasteiger partial charge in [0.2, 0.25) is 0 Å². The molecule has 0 bridgehead atoms. The molecule has 0 amide bonds. The third-order valence-corrected chi connectivity index (χ3v) is 3.47. The highest BCUT2D eigenvalue weighted by atomic mass is 35.5. The van der Waals surface area contributed by atoms with Crippen molar-refractivity contribution < 1.29 is 0 Å². The Labute approximate surface area is 108 Å². The maximum Gasteiger partial charge on any atom is 0.129 e. The molecule has 1 aliphatic heterocycles. The smallest absolute Gasteiger partial charge is 0.129 e. The van der Waals surface area contributed by atoms with Crippen LogP contribution in [0.2, 0.25) is 5.15 Å². The molecule has 0 aromatic carbocycles. The number of rotatable bonds is 4. The van der Waals surface area contributed by atoms with Crippen molar-refractivity contribution in [1.82, 2.24) is 14.8 Å². The zero-order valence-electron chi connectivity index (χ0n) is 10.6. The van der Waals surface area contributed by atoms with Crippen LogP contribution in [0.4, 0.5) is 0 Å². The molecule has 0 radical (unpaired) electrons. The number of likely N-dealkylation sites (tertiary alicyclic amines) is 1. The summed E-state index contributed by atoms with van der Waals surface area (Å²) in [5.41, 5.74) is 1.25. The molecule has 0 saturated carbocycles. The minimum Gasteiger partial charge on any atom is -0.308 e. The topological polar surface area (TPSA) is 19.4 Å². The number of nitrogens with zero attached hydrogens (tertiary/aromatic N) is 3. The normalized spacial score (nSPS) is 21.3. The maximum absolute atomic E-state index is 5.79. The fourth-order valence-corrected chi connectivity index (χ4v) is 2.58. The average molecular weight is 254 g/mol. The van der Waals surface area contributed by atoms with Gasteiger partial charge in [-0.1, -0.05) is 17.7 Å². The van der Waals surface area contributed by atoms with Crippen LogP contribution in [0.5, 0.6) is 0 Å². The molecule has 1 atom stereocenters. The van der Waals surface area contributed by atoms with E-state index in [1.807, 2.05) is 12.3 Å². The lowest BCUT2D eigenvalue weighted by Gasteiger charge is -2.26. The van der Waals surface area contributed by atoms with Crippen molar-refractivity contribution in [2.45, 2.75) is 25.4 Å². The second-order valence-corrected chi connectivity index (χ2v) is 5.41. The lowest BCUT2D eigenvalue weighted by atomic mass is 10.2. The van der Waals surface area contributed by atoms with Crippen LogP contribution in [0.25, 0.3) is 0 Å². The van der Waals surface area contributed by atoms with Gasteiger partial charge in [0.05, 0.1) is 0 Å². The summed E-state index contributed by atoms with van der Waals surface area (Å²) in [6.45, 7) is 3.32.